The molecule has 2 aliphatic rings. The van der Waals surface area contributed by atoms with Crippen LogP contribution in [0, 0.1) is 16.7 Å². The summed E-state index contributed by atoms with van der Waals surface area (Å²) >= 11 is 0. The van der Waals surface area contributed by atoms with Gasteiger partial charge < -0.3 is 14.8 Å². The molecule has 2 bridgehead atoms. The van der Waals surface area contributed by atoms with Crippen molar-refractivity contribution < 1.29 is 14.8 Å². The minimum atomic E-state index is -1.41. The van der Waals surface area contributed by atoms with Crippen molar-refractivity contribution in [1.29, 1.82) is 0 Å². The van der Waals surface area contributed by atoms with Gasteiger partial charge in [-0.1, -0.05) is 45.0 Å². The molecule has 3 nitrogen and oxygen atoms in total. The van der Waals surface area contributed by atoms with Crippen LogP contribution in [0.15, 0.2) is 24.3 Å². The highest BCUT2D eigenvalue weighted by molar-refractivity contribution is 6.58. The molecule has 2 fully saturated rings. The first-order chi connectivity index (χ1) is 9.84. The summed E-state index contributed by atoms with van der Waals surface area (Å²) in [7, 11) is -1.41. The smallest absolute Gasteiger partial charge is 0.423 e. The Labute approximate surface area is 127 Å². The van der Waals surface area contributed by atoms with Crippen LogP contribution in [0.3, 0.4) is 0 Å². The number of benzene rings is 1. The zero-order valence-corrected chi connectivity index (χ0v) is 13.2. The summed E-state index contributed by atoms with van der Waals surface area (Å²) < 4.78 is 6.23. The summed E-state index contributed by atoms with van der Waals surface area (Å²) in [5.74, 6) is 0.776. The normalized spacial score (nSPS) is 33.4. The number of fused-ring (bicyclic) bond motifs is 2. The fourth-order valence-corrected chi connectivity index (χ4v) is 4.42. The molecule has 0 radical (unpaired) electrons. The Hall–Kier alpha value is -0.835. The second-order valence-electron chi connectivity index (χ2n) is 7.53. The molecule has 0 heterocycles. The molecule has 3 unspecified atom stereocenters. The van der Waals surface area contributed by atoms with E-state index in [9.17, 15) is 10.0 Å². The molecule has 2 aliphatic carbocycles. The molecular formula is C17H25BO3. The van der Waals surface area contributed by atoms with Crippen LogP contribution in [0.2, 0.25) is 0 Å². The number of rotatable bonds is 4. The first-order valence-electron chi connectivity index (χ1n) is 7.91. The van der Waals surface area contributed by atoms with Crippen LogP contribution in [-0.2, 0) is 11.3 Å². The fraction of sp³-hybridized carbons (Fsp3) is 0.647. The molecule has 4 heteroatoms. The van der Waals surface area contributed by atoms with Gasteiger partial charge in [0, 0.05) is 0 Å². The first kappa shape index (κ1) is 15.1. The van der Waals surface area contributed by atoms with Gasteiger partial charge in [-0.05, 0) is 47.0 Å². The maximum Gasteiger partial charge on any atom is 0.488 e. The predicted octanol–water partition coefficient (Wildman–Crippen LogP) is 2.10. The standard InChI is InChI=1S/C17H25BO3/c1-16(2)13-7-8-17(16,3)15(10-13)21-11-12-5-4-6-14(9-12)18(19)20/h4-6,9,13,15,19-20H,7-8,10-11H2,1-3H3. The molecule has 114 valence electrons. The molecule has 0 aliphatic heterocycles. The topological polar surface area (TPSA) is 49.7 Å². The maximum absolute atomic E-state index is 9.24. The van der Waals surface area contributed by atoms with Gasteiger partial charge in [-0.2, -0.15) is 0 Å². The molecule has 0 amide bonds. The fourth-order valence-electron chi connectivity index (χ4n) is 4.42. The number of ether oxygens (including phenoxy) is 1. The molecule has 0 spiro atoms. The third kappa shape index (κ3) is 2.34. The van der Waals surface area contributed by atoms with Crippen molar-refractivity contribution in [2.45, 2.75) is 52.7 Å². The lowest BCUT2D eigenvalue weighted by atomic mass is 9.70. The first-order valence-corrected chi connectivity index (χ1v) is 7.91. The maximum atomic E-state index is 9.24. The molecule has 1 aromatic carbocycles. The van der Waals surface area contributed by atoms with Crippen LogP contribution in [0.25, 0.3) is 0 Å². The van der Waals surface area contributed by atoms with Crippen molar-refractivity contribution in [3.8, 4) is 0 Å². The van der Waals surface area contributed by atoms with Gasteiger partial charge in [-0.25, -0.2) is 0 Å². The average Bonchev–Trinajstić information content (AvgIpc) is 2.78. The van der Waals surface area contributed by atoms with Crippen LogP contribution in [0.4, 0.5) is 0 Å². The van der Waals surface area contributed by atoms with E-state index < -0.39 is 7.12 Å². The third-order valence-corrected chi connectivity index (χ3v) is 6.41. The Morgan fingerprint density at radius 3 is 2.62 bits per heavy atom. The molecule has 3 atom stereocenters. The summed E-state index contributed by atoms with van der Waals surface area (Å²) in [6.07, 6.45) is 4.06. The quantitative estimate of drug-likeness (QED) is 0.834. The van der Waals surface area contributed by atoms with E-state index in [2.05, 4.69) is 20.8 Å². The lowest BCUT2D eigenvalue weighted by Crippen LogP contribution is -2.37. The largest absolute Gasteiger partial charge is 0.488 e. The lowest BCUT2D eigenvalue weighted by molar-refractivity contribution is -0.0550. The van der Waals surface area contributed by atoms with E-state index >= 15 is 0 Å². The van der Waals surface area contributed by atoms with Gasteiger partial charge in [0.15, 0.2) is 0 Å². The highest BCUT2D eigenvalue weighted by Gasteiger charge is 2.61. The number of hydrogen-bond donors (Lipinski definition) is 2. The molecular weight excluding hydrogens is 263 g/mol. The van der Waals surface area contributed by atoms with Gasteiger partial charge in [0.1, 0.15) is 0 Å². The van der Waals surface area contributed by atoms with E-state index in [0.717, 1.165) is 17.9 Å². The molecule has 0 saturated heterocycles. The van der Waals surface area contributed by atoms with Crippen molar-refractivity contribution >= 4 is 12.6 Å². The van der Waals surface area contributed by atoms with Gasteiger partial charge in [0.2, 0.25) is 0 Å². The summed E-state index contributed by atoms with van der Waals surface area (Å²) in [6, 6.07) is 7.36. The zero-order chi connectivity index (χ0) is 15.3. The summed E-state index contributed by atoms with van der Waals surface area (Å²) in [6.45, 7) is 7.69. The molecule has 3 rings (SSSR count). The molecule has 21 heavy (non-hydrogen) atoms. The van der Waals surface area contributed by atoms with Crippen LogP contribution >= 0.6 is 0 Å². The van der Waals surface area contributed by atoms with Crippen molar-refractivity contribution in [3.63, 3.8) is 0 Å². The van der Waals surface area contributed by atoms with Gasteiger partial charge >= 0.3 is 7.12 Å². The van der Waals surface area contributed by atoms with Crippen molar-refractivity contribution in [1.82, 2.24) is 0 Å². The van der Waals surface area contributed by atoms with E-state index in [-0.39, 0.29) is 5.41 Å². The van der Waals surface area contributed by atoms with Crippen LogP contribution in [-0.4, -0.2) is 23.3 Å². The predicted molar refractivity (Wildman–Crippen MR) is 84.1 cm³/mol. The van der Waals surface area contributed by atoms with Crippen molar-refractivity contribution in [3.05, 3.63) is 29.8 Å². The van der Waals surface area contributed by atoms with E-state index in [1.54, 1.807) is 6.07 Å². The lowest BCUT2D eigenvalue weighted by Gasteiger charge is -2.39. The molecule has 0 aromatic heterocycles. The Morgan fingerprint density at radius 1 is 1.29 bits per heavy atom. The van der Waals surface area contributed by atoms with Crippen LogP contribution < -0.4 is 5.46 Å². The van der Waals surface area contributed by atoms with Crippen molar-refractivity contribution in [2.24, 2.45) is 16.7 Å². The van der Waals surface area contributed by atoms with Crippen molar-refractivity contribution in [2.75, 3.05) is 0 Å². The van der Waals surface area contributed by atoms with Crippen LogP contribution in [0.5, 0.6) is 0 Å². The van der Waals surface area contributed by atoms with E-state index in [1.807, 2.05) is 18.2 Å². The van der Waals surface area contributed by atoms with E-state index in [0.29, 0.717) is 23.6 Å². The summed E-state index contributed by atoms with van der Waals surface area (Å²) in [5.41, 5.74) is 2.16. The van der Waals surface area contributed by atoms with Gasteiger partial charge in [0.05, 0.1) is 12.7 Å². The molecule has 2 saturated carbocycles. The second kappa shape index (κ2) is 5.11. The minimum absolute atomic E-state index is 0.270. The van der Waals surface area contributed by atoms with Gasteiger partial charge in [-0.15, -0.1) is 0 Å². The summed E-state index contributed by atoms with van der Waals surface area (Å²) in [4.78, 5) is 0. The Kier molecular flexibility index (Phi) is 3.67. The highest BCUT2D eigenvalue weighted by Crippen LogP contribution is 2.66. The summed E-state index contributed by atoms with van der Waals surface area (Å²) in [5, 5.41) is 18.5. The molecule has 1 aromatic rings. The SMILES string of the molecule is CC1(C)C2CCC1(C)C(OCc1cccc(B(O)O)c1)C2. The number of hydrogen-bond acceptors (Lipinski definition) is 3. The Balaban J connectivity index is 1.68. The van der Waals surface area contributed by atoms with E-state index in [1.165, 1.54) is 12.8 Å². The van der Waals surface area contributed by atoms with Gasteiger partial charge in [-0.3, -0.25) is 0 Å². The monoisotopic (exact) mass is 288 g/mol. The minimum Gasteiger partial charge on any atom is -0.423 e. The van der Waals surface area contributed by atoms with Crippen LogP contribution in [0.1, 0.15) is 45.6 Å². The molecule has 2 N–H and O–H groups in total. The second-order valence-corrected chi connectivity index (χ2v) is 7.53. The van der Waals surface area contributed by atoms with Gasteiger partial charge in [0.25, 0.3) is 0 Å². The highest BCUT2D eigenvalue weighted by atomic mass is 16.5. The average molecular weight is 288 g/mol. The zero-order valence-electron chi connectivity index (χ0n) is 13.2. The van der Waals surface area contributed by atoms with E-state index in [4.69, 9.17) is 4.74 Å². The third-order valence-electron chi connectivity index (χ3n) is 6.41. The Morgan fingerprint density at radius 2 is 2.05 bits per heavy atom. The Bertz CT molecular complexity index is 529.